The number of phenols is 1. The molecule has 21 nitrogen and oxygen atoms in total. The standard InChI is InChI=1S/C12H18O.C9H18N6.C8H14N4O2.C7H14N2O3.C5H12N2O/c1-8-6-10(12(3,4)5)7-9(2)11(8)13;1-13(2)7-10-8(14(3)4)12-9(11-7)15(5)6;1-9-5-6(11(3)7(9)13)12(4)8(14)10(5)2;1-8-5(3-10)6(4-11)9(2)7(8)12;1-6(2)5(8)7(3)4/h6-7,13H,1-5H3;1-6H3;5-6H,1-4H3;5-6,10-11H,3-4H2,1-2H3;1-4H3. The smallest absolute Gasteiger partial charge is 0.323 e. The molecule has 1 aromatic carbocycles. The van der Waals surface area contributed by atoms with E-state index in [4.69, 9.17) is 10.2 Å². The number of aromatic nitrogens is 3. The second-order valence-corrected chi connectivity index (χ2v) is 17.5. The third-order valence-corrected chi connectivity index (χ3v) is 10.4. The highest BCUT2D eigenvalue weighted by molar-refractivity contribution is 5.84. The van der Waals surface area contributed by atoms with E-state index in [0.29, 0.717) is 23.6 Å². The molecule has 3 saturated heterocycles. The van der Waals surface area contributed by atoms with E-state index in [0.717, 1.165) is 11.1 Å². The van der Waals surface area contributed by atoms with E-state index in [2.05, 4.69) is 47.9 Å². The number of hydrogen-bond donors (Lipinski definition) is 3. The molecule has 0 saturated carbocycles. The first-order chi connectivity index (χ1) is 28.4. The minimum Gasteiger partial charge on any atom is -0.507 e. The Morgan fingerprint density at radius 1 is 0.565 bits per heavy atom. The average Bonchev–Trinajstić information content (AvgIpc) is 3.66. The van der Waals surface area contributed by atoms with Crippen LogP contribution in [0.5, 0.6) is 5.75 Å². The molecule has 0 bridgehead atoms. The number of benzene rings is 1. The van der Waals surface area contributed by atoms with Crippen LogP contribution in [0.2, 0.25) is 0 Å². The van der Waals surface area contributed by atoms with Crippen LogP contribution >= 0.6 is 0 Å². The first kappa shape index (κ1) is 54.4. The second kappa shape index (κ2) is 22.5. The van der Waals surface area contributed by atoms with Crippen molar-refractivity contribution in [2.45, 2.75) is 64.4 Å². The van der Waals surface area contributed by atoms with E-state index >= 15 is 0 Å². The maximum atomic E-state index is 11.6. The molecule has 2 unspecified atom stereocenters. The molecule has 21 heteroatoms. The van der Waals surface area contributed by atoms with Gasteiger partial charge in [0.15, 0.2) is 0 Å². The van der Waals surface area contributed by atoms with E-state index < -0.39 is 0 Å². The number of likely N-dealkylation sites (N-methyl/N-ethyl adjacent to an activating group) is 6. The number of urea groups is 4. The van der Waals surface area contributed by atoms with Crippen LogP contribution in [0, 0.1) is 13.8 Å². The number of aromatic hydroxyl groups is 1. The fourth-order valence-electron chi connectivity index (χ4n) is 6.54. The Kier molecular flexibility index (Phi) is 19.8. The minimum absolute atomic E-state index is 0.0185. The summed E-state index contributed by atoms with van der Waals surface area (Å²) in [6.07, 6.45) is -0.324. The molecule has 4 heterocycles. The average molecular weight is 877 g/mol. The van der Waals surface area contributed by atoms with E-state index in [9.17, 15) is 24.3 Å². The number of carbonyl (C=O) groups excluding carboxylic acids is 4. The molecule has 5 rings (SSSR count). The summed E-state index contributed by atoms with van der Waals surface area (Å²) in [5.41, 5.74) is 3.36. The summed E-state index contributed by atoms with van der Waals surface area (Å²) >= 11 is 0. The van der Waals surface area contributed by atoms with Crippen molar-refractivity contribution in [3.8, 4) is 5.75 Å². The lowest BCUT2D eigenvalue weighted by Gasteiger charge is -2.22. The summed E-state index contributed by atoms with van der Waals surface area (Å²) in [4.78, 5) is 76.0. The Morgan fingerprint density at radius 3 is 1.02 bits per heavy atom. The second-order valence-electron chi connectivity index (χ2n) is 17.5. The fraction of sp³-hybridized carbons (Fsp3) is 0.683. The number of aliphatic hydroxyl groups is 2. The van der Waals surface area contributed by atoms with E-state index in [1.165, 1.54) is 25.2 Å². The lowest BCUT2D eigenvalue weighted by Crippen LogP contribution is -2.42. The molecule has 3 N–H and O–H groups in total. The first-order valence-electron chi connectivity index (χ1n) is 20.1. The largest absolute Gasteiger partial charge is 0.507 e. The molecule has 8 amide bonds. The van der Waals surface area contributed by atoms with Crippen molar-refractivity contribution in [1.29, 1.82) is 0 Å². The third-order valence-electron chi connectivity index (χ3n) is 10.4. The first-order valence-corrected chi connectivity index (χ1v) is 20.1. The van der Waals surface area contributed by atoms with E-state index in [1.807, 2.05) is 70.8 Å². The molecule has 0 spiro atoms. The Bertz CT molecular complexity index is 1650. The molecule has 2 aromatic rings. The highest BCUT2D eigenvalue weighted by Gasteiger charge is 2.54. The quantitative estimate of drug-likeness (QED) is 0.394. The van der Waals surface area contributed by atoms with Gasteiger partial charge in [0.05, 0.1) is 25.3 Å². The number of amides is 8. The van der Waals surface area contributed by atoms with E-state index in [1.54, 1.807) is 90.1 Å². The molecular weight excluding hydrogens is 801 g/mol. The number of hydrogen-bond acceptors (Lipinski definition) is 13. The topological polar surface area (TPSA) is 203 Å². The summed E-state index contributed by atoms with van der Waals surface area (Å²) in [7, 11) is 28.5. The number of rotatable bonds is 5. The van der Waals surface area contributed by atoms with Gasteiger partial charge in [0.25, 0.3) is 0 Å². The normalized spacial score (nSPS) is 19.0. The van der Waals surface area contributed by atoms with Crippen molar-refractivity contribution in [2.75, 3.05) is 141 Å². The molecule has 3 fully saturated rings. The minimum atomic E-state index is -0.285. The van der Waals surface area contributed by atoms with Gasteiger partial charge in [0.1, 0.15) is 18.1 Å². The van der Waals surface area contributed by atoms with Gasteiger partial charge in [-0.15, -0.1) is 0 Å². The van der Waals surface area contributed by atoms with Crippen LogP contribution in [0.15, 0.2) is 12.1 Å². The van der Waals surface area contributed by atoms with Gasteiger partial charge in [-0.05, 0) is 36.0 Å². The van der Waals surface area contributed by atoms with Crippen LogP contribution in [-0.4, -0.2) is 244 Å². The van der Waals surface area contributed by atoms with Crippen molar-refractivity contribution in [3.05, 3.63) is 28.8 Å². The number of carbonyl (C=O) groups is 4. The van der Waals surface area contributed by atoms with Gasteiger partial charge >= 0.3 is 24.1 Å². The summed E-state index contributed by atoms with van der Waals surface area (Å²) in [5, 5.41) is 27.5. The maximum Gasteiger partial charge on any atom is 0.323 e. The van der Waals surface area contributed by atoms with Crippen LogP contribution in [0.4, 0.5) is 37.0 Å². The molecule has 3 aliphatic heterocycles. The zero-order valence-electron chi connectivity index (χ0n) is 41.1. The number of aliphatic hydroxyl groups excluding tert-OH is 2. The van der Waals surface area contributed by atoms with Crippen molar-refractivity contribution >= 4 is 42.0 Å². The molecule has 2 atom stereocenters. The molecule has 352 valence electrons. The highest BCUT2D eigenvalue weighted by Crippen LogP contribution is 2.31. The summed E-state index contributed by atoms with van der Waals surface area (Å²) in [5.74, 6) is 2.42. The van der Waals surface area contributed by atoms with Crippen molar-refractivity contribution in [2.24, 2.45) is 0 Å². The summed E-state index contributed by atoms with van der Waals surface area (Å²) < 4.78 is 0. The monoisotopic (exact) mass is 877 g/mol. The van der Waals surface area contributed by atoms with Gasteiger partial charge in [0.2, 0.25) is 17.8 Å². The third kappa shape index (κ3) is 13.2. The molecule has 3 aliphatic rings. The molecule has 0 radical (unpaired) electrons. The van der Waals surface area contributed by atoms with Gasteiger partial charge in [-0.2, -0.15) is 15.0 Å². The molecule has 0 aliphatic carbocycles. The van der Waals surface area contributed by atoms with Crippen LogP contribution in [0.1, 0.15) is 37.5 Å². The van der Waals surface area contributed by atoms with Crippen LogP contribution in [0.25, 0.3) is 0 Å². The van der Waals surface area contributed by atoms with Crippen LogP contribution < -0.4 is 14.7 Å². The van der Waals surface area contributed by atoms with Gasteiger partial charge < -0.3 is 69.2 Å². The zero-order valence-corrected chi connectivity index (χ0v) is 41.1. The lowest BCUT2D eigenvalue weighted by molar-refractivity contribution is 0.131. The number of aryl methyl sites for hydroxylation is 2. The fourth-order valence-corrected chi connectivity index (χ4v) is 6.54. The molecular formula is C41H76N14O7. The van der Waals surface area contributed by atoms with Gasteiger partial charge in [-0.3, -0.25) is 0 Å². The van der Waals surface area contributed by atoms with Crippen LogP contribution in [0.3, 0.4) is 0 Å². The van der Waals surface area contributed by atoms with Crippen LogP contribution in [-0.2, 0) is 5.41 Å². The molecule has 1 aromatic heterocycles. The number of anilines is 3. The van der Waals surface area contributed by atoms with Crippen molar-refractivity contribution in [1.82, 2.24) is 54.2 Å². The number of phenolic OH excluding ortho intramolecular Hbond substituents is 1. The SMILES string of the molecule is CN(C)C(=O)N(C)C.CN(C)c1nc(N(C)C)nc(N(C)C)n1.CN1C(=O)N(C)C(CO)C1CO.CN1C(=O)N(C)C2C1N(C)C(=O)N2C.Cc1cc(C(C)(C)C)cc(C)c1O. The van der Waals surface area contributed by atoms with E-state index in [-0.39, 0.29) is 67.2 Å². The van der Waals surface area contributed by atoms with Gasteiger partial charge in [0, 0.05) is 113 Å². The lowest BCUT2D eigenvalue weighted by atomic mass is 9.85. The Hall–Kier alpha value is -5.57. The Labute approximate surface area is 369 Å². The van der Waals surface area contributed by atoms with Gasteiger partial charge in [-0.25, -0.2) is 19.2 Å². The molecule has 62 heavy (non-hydrogen) atoms. The predicted octanol–water partition coefficient (Wildman–Crippen LogP) is 1.94. The maximum absolute atomic E-state index is 11.6. The zero-order chi connectivity index (χ0) is 48.5. The summed E-state index contributed by atoms with van der Waals surface area (Å²) in [6.45, 7) is 10.2. The Morgan fingerprint density at radius 2 is 0.823 bits per heavy atom. The number of fused-ring (bicyclic) bond motifs is 1. The number of nitrogens with zero attached hydrogens (tertiary/aromatic N) is 14. The highest BCUT2D eigenvalue weighted by atomic mass is 16.3. The summed E-state index contributed by atoms with van der Waals surface area (Å²) in [6, 6.07) is 3.31. The Balaban J connectivity index is 0.000000393. The van der Waals surface area contributed by atoms with Gasteiger partial charge in [-0.1, -0.05) is 32.9 Å². The van der Waals surface area contributed by atoms with Crippen molar-refractivity contribution in [3.63, 3.8) is 0 Å². The predicted molar refractivity (Wildman–Crippen MR) is 244 cm³/mol. The van der Waals surface area contributed by atoms with Crippen molar-refractivity contribution < 1.29 is 34.5 Å².